The first-order valence-corrected chi connectivity index (χ1v) is 12.3. The van der Waals surface area contributed by atoms with E-state index in [1.54, 1.807) is 36.4 Å². The maximum absolute atomic E-state index is 13.5. The van der Waals surface area contributed by atoms with Crippen LogP contribution in [0.3, 0.4) is 0 Å². The summed E-state index contributed by atoms with van der Waals surface area (Å²) in [6.45, 7) is 0. The maximum Gasteiger partial charge on any atom is 0.251 e. The van der Waals surface area contributed by atoms with E-state index < -0.39 is 6.23 Å². The molecule has 0 aliphatic carbocycles. The Morgan fingerprint density at radius 3 is 2.44 bits per heavy atom. The van der Waals surface area contributed by atoms with Crippen molar-refractivity contribution in [3.8, 4) is 11.5 Å². The number of ketones is 1. The molecule has 3 aromatic carbocycles. The first-order valence-electron chi connectivity index (χ1n) is 9.90. The van der Waals surface area contributed by atoms with Crippen LogP contribution in [0.15, 0.2) is 79.2 Å². The number of hydrogen-bond acceptors (Lipinski definition) is 5. The van der Waals surface area contributed by atoms with E-state index in [1.165, 1.54) is 0 Å². The molecule has 0 fully saturated rings. The summed E-state index contributed by atoms with van der Waals surface area (Å²) >= 11 is 10.7. The number of halogens is 3. The summed E-state index contributed by atoms with van der Waals surface area (Å²) < 4.78 is 14.2. The van der Waals surface area contributed by atoms with Crippen molar-refractivity contribution in [1.29, 1.82) is 0 Å². The van der Waals surface area contributed by atoms with E-state index in [-0.39, 0.29) is 11.8 Å². The fourth-order valence-electron chi connectivity index (χ4n) is 4.00. The fraction of sp³-hybridized carbons (Fsp3) is 0.167. The molecule has 162 valence electrons. The minimum Gasteiger partial charge on any atom is -0.497 e. The zero-order valence-corrected chi connectivity index (χ0v) is 21.6. The van der Waals surface area contributed by atoms with Gasteiger partial charge in [-0.15, -0.1) is 0 Å². The minimum absolute atomic E-state index is 0.113. The number of hydrazone groups is 1. The lowest BCUT2D eigenvalue weighted by molar-refractivity contribution is -0.00509. The summed E-state index contributed by atoms with van der Waals surface area (Å²) in [5.41, 5.74) is 3.47. The molecule has 0 bridgehead atoms. The molecule has 2 atom stereocenters. The van der Waals surface area contributed by atoms with Crippen LogP contribution < -0.4 is 9.47 Å². The number of benzene rings is 3. The van der Waals surface area contributed by atoms with Gasteiger partial charge in [-0.1, -0.05) is 44.0 Å². The molecule has 2 aliphatic rings. The number of hydrogen-bond donors (Lipinski definition) is 0. The van der Waals surface area contributed by atoms with E-state index in [9.17, 15) is 4.79 Å². The summed E-state index contributed by atoms with van der Waals surface area (Å²) in [5.74, 6) is 1.21. The molecule has 0 N–H and O–H groups in total. The topological polar surface area (TPSA) is 51.1 Å². The second-order valence-corrected chi connectivity index (χ2v) is 10.2. The van der Waals surface area contributed by atoms with Gasteiger partial charge < -0.3 is 9.47 Å². The lowest BCUT2D eigenvalue weighted by Gasteiger charge is -2.37. The largest absolute Gasteiger partial charge is 0.497 e. The van der Waals surface area contributed by atoms with Gasteiger partial charge in [-0.05, 0) is 70.0 Å². The minimum atomic E-state index is -0.869. The van der Waals surface area contributed by atoms with Gasteiger partial charge in [0.15, 0.2) is 0 Å². The Balaban J connectivity index is 1.57. The van der Waals surface area contributed by atoms with Crippen molar-refractivity contribution in [2.75, 3.05) is 7.11 Å². The molecule has 2 heterocycles. The molecule has 0 saturated carbocycles. The molecule has 0 spiro atoms. The molecular weight excluding hydrogens is 604 g/mol. The second kappa shape index (κ2) is 8.65. The monoisotopic (exact) mass is 618 g/mol. The standard InChI is InChI=1S/C24H17Br3N2O3/c1-31-17-8-4-14(5-9-17)22(30)24-29-21(18-10-16(26)11-19(27)23(18)32-24)12-20(28-29)13-2-6-15(25)7-3-13/h2-11,21,24H,12H2,1H3/t21-,24-/m0/s1. The normalized spacial score (nSPS) is 19.0. The molecule has 5 nitrogen and oxygen atoms in total. The number of nitrogens with zero attached hydrogens (tertiary/aromatic N) is 2. The second-order valence-electron chi connectivity index (χ2n) is 7.52. The van der Waals surface area contributed by atoms with Crippen molar-refractivity contribution < 1.29 is 14.3 Å². The number of carbonyl (C=O) groups is 1. The van der Waals surface area contributed by atoms with Crippen LogP contribution in [0.2, 0.25) is 0 Å². The Kier molecular flexibility index (Phi) is 5.86. The van der Waals surface area contributed by atoms with E-state index >= 15 is 0 Å². The highest BCUT2D eigenvalue weighted by atomic mass is 79.9. The zero-order valence-electron chi connectivity index (χ0n) is 16.9. The third-order valence-corrected chi connectivity index (χ3v) is 7.16. The SMILES string of the molecule is COc1ccc(C(=O)[C@@H]2Oc3c(Br)cc(Br)cc3[C@@H]3CC(c4ccc(Br)cc4)=NN23)cc1. The maximum atomic E-state index is 13.5. The Labute approximate surface area is 210 Å². The molecular formula is C24H17Br3N2O3. The number of methoxy groups -OCH3 is 1. The van der Waals surface area contributed by atoms with E-state index in [1.807, 2.05) is 36.4 Å². The highest BCUT2D eigenvalue weighted by Crippen LogP contribution is 2.47. The van der Waals surface area contributed by atoms with Gasteiger partial charge in [0.1, 0.15) is 11.5 Å². The summed E-state index contributed by atoms with van der Waals surface area (Å²) in [6.07, 6.45) is -0.195. The van der Waals surface area contributed by atoms with E-state index in [0.29, 0.717) is 23.5 Å². The van der Waals surface area contributed by atoms with Gasteiger partial charge in [0.25, 0.3) is 6.23 Å². The highest BCUT2D eigenvalue weighted by molar-refractivity contribution is 9.11. The molecule has 2 aliphatic heterocycles. The molecule has 5 rings (SSSR count). The van der Waals surface area contributed by atoms with E-state index in [4.69, 9.17) is 14.6 Å². The predicted molar refractivity (Wildman–Crippen MR) is 133 cm³/mol. The average molecular weight is 621 g/mol. The number of carbonyl (C=O) groups excluding carboxylic acids is 1. The van der Waals surface area contributed by atoms with Crippen molar-refractivity contribution in [1.82, 2.24) is 5.01 Å². The summed E-state index contributed by atoms with van der Waals surface area (Å²) in [4.78, 5) is 13.5. The van der Waals surface area contributed by atoms with Crippen molar-refractivity contribution in [2.24, 2.45) is 5.10 Å². The highest BCUT2D eigenvalue weighted by Gasteiger charge is 2.44. The summed E-state index contributed by atoms with van der Waals surface area (Å²) in [6, 6.07) is 18.9. The molecule has 0 amide bonds. The van der Waals surface area contributed by atoms with Gasteiger partial charge in [0, 0.05) is 26.5 Å². The number of fused-ring (bicyclic) bond motifs is 3. The van der Waals surface area contributed by atoms with Crippen LogP contribution in [-0.4, -0.2) is 29.8 Å². The van der Waals surface area contributed by atoms with Crippen LogP contribution in [-0.2, 0) is 0 Å². The van der Waals surface area contributed by atoms with Crippen molar-refractivity contribution in [2.45, 2.75) is 18.7 Å². The summed E-state index contributed by atoms with van der Waals surface area (Å²) in [5, 5.41) is 6.66. The molecule has 0 unspecified atom stereocenters. The van der Waals surface area contributed by atoms with Gasteiger partial charge in [0.05, 0.1) is 23.3 Å². The predicted octanol–water partition coefficient (Wildman–Crippen LogP) is 6.74. The van der Waals surface area contributed by atoms with Crippen LogP contribution in [0.5, 0.6) is 11.5 Å². The van der Waals surface area contributed by atoms with Crippen LogP contribution in [0.1, 0.15) is 33.9 Å². The number of rotatable bonds is 4. The van der Waals surface area contributed by atoms with E-state index in [0.717, 1.165) is 30.3 Å². The van der Waals surface area contributed by atoms with Gasteiger partial charge in [-0.3, -0.25) is 4.79 Å². The van der Waals surface area contributed by atoms with Gasteiger partial charge in [-0.25, -0.2) is 5.01 Å². The summed E-state index contributed by atoms with van der Waals surface area (Å²) in [7, 11) is 1.60. The van der Waals surface area contributed by atoms with Crippen LogP contribution in [0.4, 0.5) is 0 Å². The molecule has 3 aromatic rings. The Morgan fingerprint density at radius 2 is 1.75 bits per heavy atom. The zero-order chi connectivity index (χ0) is 22.4. The van der Waals surface area contributed by atoms with Crippen LogP contribution in [0, 0.1) is 0 Å². The fourth-order valence-corrected chi connectivity index (χ4v) is 5.62. The molecule has 0 radical (unpaired) electrons. The first kappa shape index (κ1) is 21.7. The lowest BCUT2D eigenvalue weighted by Crippen LogP contribution is -2.46. The smallest absolute Gasteiger partial charge is 0.251 e. The Bertz CT molecular complexity index is 1230. The third-order valence-electron chi connectivity index (χ3n) is 5.58. The Hall–Kier alpha value is -2.16. The van der Waals surface area contributed by atoms with Crippen molar-refractivity contribution >= 4 is 59.3 Å². The Morgan fingerprint density at radius 1 is 1.03 bits per heavy atom. The lowest BCUT2D eigenvalue weighted by atomic mass is 9.96. The van der Waals surface area contributed by atoms with Crippen molar-refractivity contribution in [3.05, 3.63) is 90.8 Å². The van der Waals surface area contributed by atoms with Gasteiger partial charge in [0.2, 0.25) is 5.78 Å². The van der Waals surface area contributed by atoms with Crippen molar-refractivity contribution in [3.63, 3.8) is 0 Å². The van der Waals surface area contributed by atoms with Crippen LogP contribution >= 0.6 is 47.8 Å². The molecule has 8 heteroatoms. The first-order chi connectivity index (χ1) is 15.4. The molecule has 0 aromatic heterocycles. The van der Waals surface area contributed by atoms with Gasteiger partial charge in [-0.2, -0.15) is 5.10 Å². The molecule has 32 heavy (non-hydrogen) atoms. The van der Waals surface area contributed by atoms with Gasteiger partial charge >= 0.3 is 0 Å². The quantitative estimate of drug-likeness (QED) is 0.303. The number of Topliss-reactive ketones (excluding diaryl/α,β-unsaturated/α-hetero) is 1. The van der Waals surface area contributed by atoms with Crippen LogP contribution in [0.25, 0.3) is 0 Å². The molecule has 0 saturated heterocycles. The average Bonchev–Trinajstić information content (AvgIpc) is 3.24. The number of ether oxygens (including phenoxy) is 2. The third kappa shape index (κ3) is 3.89. The van der Waals surface area contributed by atoms with E-state index in [2.05, 4.69) is 47.8 Å².